The fraction of sp³-hybridized carbons (Fsp3) is 0.158. The van der Waals surface area contributed by atoms with Gasteiger partial charge in [-0.1, -0.05) is 24.3 Å². The first-order valence-corrected chi connectivity index (χ1v) is 7.89. The summed E-state index contributed by atoms with van der Waals surface area (Å²) in [4.78, 5) is 12.6. The van der Waals surface area contributed by atoms with Crippen LogP contribution in [0.2, 0.25) is 0 Å². The summed E-state index contributed by atoms with van der Waals surface area (Å²) < 4.78 is 14.6. The molecule has 5 nitrogen and oxygen atoms in total. The van der Waals surface area contributed by atoms with Crippen LogP contribution in [0, 0.1) is 5.82 Å². The molecule has 2 N–H and O–H groups in total. The highest BCUT2D eigenvalue weighted by atomic mass is 19.1. The van der Waals surface area contributed by atoms with Crippen LogP contribution in [0.1, 0.15) is 28.9 Å². The highest BCUT2D eigenvalue weighted by Gasteiger charge is 2.21. The summed E-state index contributed by atoms with van der Waals surface area (Å²) >= 11 is 0. The molecule has 0 aliphatic heterocycles. The van der Waals surface area contributed by atoms with Crippen LogP contribution in [0.25, 0.3) is 5.69 Å². The number of aliphatic hydroxyl groups is 1. The number of amides is 1. The summed E-state index contributed by atoms with van der Waals surface area (Å²) in [5.41, 5.74) is 1.63. The van der Waals surface area contributed by atoms with Gasteiger partial charge in [0.1, 0.15) is 5.82 Å². The van der Waals surface area contributed by atoms with Crippen LogP contribution < -0.4 is 5.32 Å². The molecule has 25 heavy (non-hydrogen) atoms. The number of nitrogens with one attached hydrogen (secondary N) is 1. The molecule has 1 heterocycles. The number of aliphatic hydroxyl groups excluding tert-OH is 1. The smallest absolute Gasteiger partial charge is 0.253 e. The predicted molar refractivity (Wildman–Crippen MR) is 91.9 cm³/mol. The summed E-state index contributed by atoms with van der Waals surface area (Å²) in [5, 5.41) is 17.3. The molecule has 0 saturated carbocycles. The zero-order valence-corrected chi connectivity index (χ0v) is 13.6. The standard InChI is InChI=1S/C19H18FN3O2/c1-13(18(24)14-7-9-15(20)10-8-14)22-19(25)16-5-2-3-6-17(16)23-12-4-11-21-23/h2-13,18,24H,1H3,(H,22,25). The average Bonchev–Trinajstić information content (AvgIpc) is 3.16. The van der Waals surface area contributed by atoms with Gasteiger partial charge in [0, 0.05) is 12.4 Å². The minimum Gasteiger partial charge on any atom is -0.386 e. The number of hydrogen-bond donors (Lipinski definition) is 2. The number of carbonyl (C=O) groups excluding carboxylic acids is 1. The first-order valence-electron chi connectivity index (χ1n) is 7.89. The van der Waals surface area contributed by atoms with Gasteiger partial charge in [0.25, 0.3) is 5.91 Å². The van der Waals surface area contributed by atoms with Crippen molar-refractivity contribution in [3.63, 3.8) is 0 Å². The third-order valence-electron chi connectivity index (χ3n) is 3.94. The Morgan fingerprint density at radius 1 is 1.16 bits per heavy atom. The molecule has 0 bridgehead atoms. The topological polar surface area (TPSA) is 67.2 Å². The number of rotatable bonds is 5. The third kappa shape index (κ3) is 3.75. The van der Waals surface area contributed by atoms with Gasteiger partial charge >= 0.3 is 0 Å². The summed E-state index contributed by atoms with van der Waals surface area (Å²) in [6.07, 6.45) is 2.44. The molecule has 128 valence electrons. The van der Waals surface area contributed by atoms with Gasteiger partial charge < -0.3 is 10.4 Å². The van der Waals surface area contributed by atoms with Crippen LogP contribution in [0.4, 0.5) is 4.39 Å². The Kier molecular flexibility index (Phi) is 4.90. The molecule has 0 spiro atoms. The molecule has 2 aromatic carbocycles. The maximum atomic E-state index is 13.0. The summed E-state index contributed by atoms with van der Waals surface area (Å²) in [6, 6.07) is 13.9. The molecule has 1 amide bonds. The number of para-hydroxylation sites is 1. The number of aromatic nitrogens is 2. The second-order valence-corrected chi connectivity index (χ2v) is 5.73. The molecule has 1 aromatic heterocycles. The van der Waals surface area contributed by atoms with Crippen molar-refractivity contribution in [1.82, 2.24) is 15.1 Å². The number of carbonyl (C=O) groups is 1. The Balaban J connectivity index is 1.77. The van der Waals surface area contributed by atoms with Crippen molar-refractivity contribution in [2.75, 3.05) is 0 Å². The predicted octanol–water partition coefficient (Wildman–Crippen LogP) is 2.86. The maximum absolute atomic E-state index is 13.0. The van der Waals surface area contributed by atoms with E-state index >= 15 is 0 Å². The first kappa shape index (κ1) is 16.9. The summed E-state index contributed by atoms with van der Waals surface area (Å²) in [5.74, 6) is -0.694. The molecule has 2 unspecified atom stereocenters. The number of benzene rings is 2. The second-order valence-electron chi connectivity index (χ2n) is 5.73. The van der Waals surface area contributed by atoms with Gasteiger partial charge in [0.2, 0.25) is 0 Å². The number of hydrogen-bond acceptors (Lipinski definition) is 3. The van der Waals surface area contributed by atoms with Crippen molar-refractivity contribution in [2.24, 2.45) is 0 Å². The van der Waals surface area contributed by atoms with Crippen LogP contribution >= 0.6 is 0 Å². The van der Waals surface area contributed by atoms with Crippen LogP contribution in [0.5, 0.6) is 0 Å². The number of halogens is 1. The van der Waals surface area contributed by atoms with Gasteiger partial charge in [-0.3, -0.25) is 4.79 Å². The largest absolute Gasteiger partial charge is 0.386 e. The lowest BCUT2D eigenvalue weighted by atomic mass is 10.0. The second kappa shape index (κ2) is 7.27. The van der Waals surface area contributed by atoms with Gasteiger partial charge in [-0.15, -0.1) is 0 Å². The Hall–Kier alpha value is -2.99. The van der Waals surface area contributed by atoms with Crippen molar-refractivity contribution >= 4 is 5.91 Å². The summed E-state index contributed by atoms with van der Waals surface area (Å²) in [6.45, 7) is 1.70. The molecule has 0 radical (unpaired) electrons. The molecular formula is C19H18FN3O2. The molecule has 0 fully saturated rings. The Labute approximate surface area is 144 Å². The average molecular weight is 339 g/mol. The van der Waals surface area contributed by atoms with E-state index in [9.17, 15) is 14.3 Å². The maximum Gasteiger partial charge on any atom is 0.253 e. The quantitative estimate of drug-likeness (QED) is 0.751. The van der Waals surface area contributed by atoms with E-state index in [0.29, 0.717) is 16.8 Å². The lowest BCUT2D eigenvalue weighted by Crippen LogP contribution is -2.37. The Morgan fingerprint density at radius 3 is 2.56 bits per heavy atom. The van der Waals surface area contributed by atoms with E-state index in [1.807, 2.05) is 6.07 Å². The van der Waals surface area contributed by atoms with E-state index in [4.69, 9.17) is 0 Å². The molecule has 0 aliphatic rings. The van der Waals surface area contributed by atoms with E-state index in [2.05, 4.69) is 10.4 Å². The van der Waals surface area contributed by atoms with Crippen LogP contribution in [0.3, 0.4) is 0 Å². The highest BCUT2D eigenvalue weighted by Crippen LogP contribution is 2.19. The SMILES string of the molecule is CC(NC(=O)c1ccccc1-n1cccn1)C(O)c1ccc(F)cc1. The normalized spacial score (nSPS) is 13.2. The van der Waals surface area contributed by atoms with Crippen molar-refractivity contribution in [1.29, 1.82) is 0 Å². The summed E-state index contributed by atoms with van der Waals surface area (Å²) in [7, 11) is 0. The van der Waals surface area contributed by atoms with E-state index in [0.717, 1.165) is 0 Å². The van der Waals surface area contributed by atoms with E-state index < -0.39 is 12.1 Å². The van der Waals surface area contributed by atoms with Crippen molar-refractivity contribution in [3.05, 3.63) is 83.9 Å². The van der Waals surface area contributed by atoms with E-state index in [1.54, 1.807) is 48.3 Å². The molecular weight excluding hydrogens is 321 g/mol. The van der Waals surface area contributed by atoms with Gasteiger partial charge in [-0.25, -0.2) is 9.07 Å². The molecule has 0 aliphatic carbocycles. The van der Waals surface area contributed by atoms with Gasteiger partial charge in [0.05, 0.1) is 23.4 Å². The van der Waals surface area contributed by atoms with E-state index in [1.165, 1.54) is 24.3 Å². The van der Waals surface area contributed by atoms with Gasteiger partial charge in [-0.2, -0.15) is 5.10 Å². The molecule has 0 saturated heterocycles. The van der Waals surface area contributed by atoms with Crippen molar-refractivity contribution < 1.29 is 14.3 Å². The first-order chi connectivity index (χ1) is 12.1. The molecule has 3 aromatic rings. The van der Waals surface area contributed by atoms with Crippen molar-refractivity contribution in [3.8, 4) is 5.69 Å². The Bertz CT molecular complexity index is 847. The van der Waals surface area contributed by atoms with Crippen LogP contribution in [-0.4, -0.2) is 26.8 Å². The minimum atomic E-state index is -0.943. The monoisotopic (exact) mass is 339 g/mol. The molecule has 3 rings (SSSR count). The lowest BCUT2D eigenvalue weighted by Gasteiger charge is -2.21. The van der Waals surface area contributed by atoms with Gasteiger partial charge in [0.15, 0.2) is 0 Å². The van der Waals surface area contributed by atoms with Crippen LogP contribution in [-0.2, 0) is 0 Å². The lowest BCUT2D eigenvalue weighted by molar-refractivity contribution is 0.0852. The number of nitrogens with zero attached hydrogens (tertiary/aromatic N) is 2. The minimum absolute atomic E-state index is 0.320. The van der Waals surface area contributed by atoms with Crippen LogP contribution in [0.15, 0.2) is 67.0 Å². The highest BCUT2D eigenvalue weighted by molar-refractivity contribution is 5.97. The Morgan fingerprint density at radius 2 is 1.88 bits per heavy atom. The fourth-order valence-corrected chi connectivity index (χ4v) is 2.59. The van der Waals surface area contributed by atoms with E-state index in [-0.39, 0.29) is 11.7 Å². The molecule has 2 atom stereocenters. The van der Waals surface area contributed by atoms with Crippen molar-refractivity contribution in [2.45, 2.75) is 19.1 Å². The zero-order valence-electron chi connectivity index (χ0n) is 13.6. The van der Waals surface area contributed by atoms with Gasteiger partial charge in [-0.05, 0) is 42.8 Å². The fourth-order valence-electron chi connectivity index (χ4n) is 2.59. The zero-order chi connectivity index (χ0) is 17.8. The third-order valence-corrected chi connectivity index (χ3v) is 3.94. The molecule has 6 heteroatoms.